The van der Waals surface area contributed by atoms with Crippen LogP contribution in [0.25, 0.3) is 11.0 Å². The third-order valence-electron chi connectivity index (χ3n) is 5.78. The molecule has 0 bridgehead atoms. The Bertz CT molecular complexity index is 1270. The Morgan fingerprint density at radius 1 is 1.18 bits per heavy atom. The maximum Gasteiger partial charge on any atom is 0.374 e. The first-order chi connectivity index (χ1) is 15.8. The predicted octanol–water partition coefficient (Wildman–Crippen LogP) is 2.06. The van der Waals surface area contributed by atoms with Gasteiger partial charge in [-0.05, 0) is 44.0 Å². The molecule has 1 saturated heterocycles. The molecule has 11 heteroatoms. The third-order valence-corrected chi connectivity index (χ3v) is 7.55. The van der Waals surface area contributed by atoms with Crippen molar-refractivity contribution in [2.45, 2.75) is 31.4 Å². The third kappa shape index (κ3) is 4.64. The normalized spacial score (nSPS) is 15.6. The fourth-order valence-electron chi connectivity index (χ4n) is 3.92. The van der Waals surface area contributed by atoms with Gasteiger partial charge in [-0.3, -0.25) is 4.79 Å². The van der Waals surface area contributed by atoms with E-state index in [2.05, 4.69) is 10.3 Å². The van der Waals surface area contributed by atoms with E-state index in [4.69, 9.17) is 9.15 Å². The molecule has 1 aromatic carbocycles. The van der Waals surface area contributed by atoms with Crippen LogP contribution in [0.3, 0.4) is 0 Å². The number of hydrogen-bond acceptors (Lipinski definition) is 7. The van der Waals surface area contributed by atoms with Crippen LogP contribution >= 0.6 is 0 Å². The van der Waals surface area contributed by atoms with Gasteiger partial charge in [0.1, 0.15) is 5.82 Å². The zero-order valence-corrected chi connectivity index (χ0v) is 19.3. The van der Waals surface area contributed by atoms with E-state index in [1.807, 2.05) is 35.9 Å². The first-order valence-electron chi connectivity index (χ1n) is 10.8. The van der Waals surface area contributed by atoms with Crippen LogP contribution < -0.4 is 5.32 Å². The molecule has 2 aromatic heterocycles. The highest BCUT2D eigenvalue weighted by Gasteiger charge is 2.34. The first kappa shape index (κ1) is 23.0. The van der Waals surface area contributed by atoms with Crippen LogP contribution in [0.5, 0.6) is 0 Å². The number of hydrogen-bond donors (Lipinski definition) is 1. The number of amides is 1. The number of carbonyl (C=O) groups is 2. The van der Waals surface area contributed by atoms with E-state index in [1.54, 1.807) is 6.92 Å². The van der Waals surface area contributed by atoms with Crippen molar-refractivity contribution in [2.75, 3.05) is 19.7 Å². The van der Waals surface area contributed by atoms with Gasteiger partial charge in [0.15, 0.2) is 0 Å². The molecule has 33 heavy (non-hydrogen) atoms. The average Bonchev–Trinajstić information content (AvgIpc) is 3.44. The van der Waals surface area contributed by atoms with Gasteiger partial charge in [-0.25, -0.2) is 18.2 Å². The molecule has 4 rings (SSSR count). The Kier molecular flexibility index (Phi) is 6.52. The van der Waals surface area contributed by atoms with Gasteiger partial charge in [0.2, 0.25) is 16.8 Å². The van der Waals surface area contributed by atoms with Crippen molar-refractivity contribution >= 4 is 32.9 Å². The first-order valence-corrected chi connectivity index (χ1v) is 12.2. The largest absolute Gasteiger partial charge is 0.460 e. The number of furan rings is 1. The molecule has 1 aliphatic rings. The Hall–Kier alpha value is -3.18. The standard InChI is InChI=1S/C22H26N4O6S/c1-3-31-22(28)18-8-9-20(32-18)33(29,30)26-12-10-15(11-13-26)21(27)23-14-19-24-16-6-4-5-7-17(16)25(19)2/h4-9,15H,3,10-14H2,1-2H3,(H,23,27). The number of esters is 1. The van der Waals surface area contributed by atoms with E-state index in [1.165, 1.54) is 16.4 Å². The number of rotatable bonds is 7. The van der Waals surface area contributed by atoms with Crippen molar-refractivity contribution in [3.8, 4) is 0 Å². The minimum Gasteiger partial charge on any atom is -0.460 e. The summed E-state index contributed by atoms with van der Waals surface area (Å²) in [4.78, 5) is 29.0. The van der Waals surface area contributed by atoms with Crippen molar-refractivity contribution in [3.05, 3.63) is 48.0 Å². The number of nitrogens with one attached hydrogen (secondary N) is 1. The zero-order chi connectivity index (χ0) is 23.6. The van der Waals surface area contributed by atoms with Gasteiger partial charge in [0.25, 0.3) is 10.0 Å². The lowest BCUT2D eigenvalue weighted by molar-refractivity contribution is -0.126. The summed E-state index contributed by atoms with van der Waals surface area (Å²) >= 11 is 0. The molecule has 1 aliphatic heterocycles. The van der Waals surface area contributed by atoms with E-state index in [0.29, 0.717) is 19.4 Å². The summed E-state index contributed by atoms with van der Waals surface area (Å²) in [5.41, 5.74) is 1.86. The van der Waals surface area contributed by atoms with Gasteiger partial charge in [0.05, 0.1) is 24.2 Å². The molecule has 10 nitrogen and oxygen atoms in total. The Labute approximate surface area is 191 Å². The predicted molar refractivity (Wildman–Crippen MR) is 119 cm³/mol. The van der Waals surface area contributed by atoms with E-state index in [9.17, 15) is 18.0 Å². The molecule has 176 valence electrons. The average molecular weight is 475 g/mol. The number of nitrogens with zero attached hydrogens (tertiary/aromatic N) is 3. The van der Waals surface area contributed by atoms with Crippen LogP contribution in [0, 0.1) is 5.92 Å². The Balaban J connectivity index is 1.33. The topological polar surface area (TPSA) is 124 Å². The summed E-state index contributed by atoms with van der Waals surface area (Å²) < 4.78 is 39.0. The molecular formula is C22H26N4O6S. The second-order valence-corrected chi connectivity index (χ2v) is 9.68. The monoisotopic (exact) mass is 474 g/mol. The summed E-state index contributed by atoms with van der Waals surface area (Å²) in [5, 5.41) is 2.61. The molecule has 1 amide bonds. The summed E-state index contributed by atoms with van der Waals surface area (Å²) in [6.45, 7) is 2.47. The van der Waals surface area contributed by atoms with Crippen molar-refractivity contribution < 1.29 is 27.2 Å². The highest BCUT2D eigenvalue weighted by molar-refractivity contribution is 7.89. The van der Waals surface area contributed by atoms with E-state index >= 15 is 0 Å². The second-order valence-electron chi connectivity index (χ2n) is 7.81. The number of aromatic nitrogens is 2. The van der Waals surface area contributed by atoms with Crippen LogP contribution in [-0.2, 0) is 33.1 Å². The molecule has 0 atom stereocenters. The van der Waals surface area contributed by atoms with Crippen LogP contribution in [0.2, 0.25) is 0 Å². The van der Waals surface area contributed by atoms with Gasteiger partial charge < -0.3 is 19.0 Å². The van der Waals surface area contributed by atoms with Crippen LogP contribution in [0.4, 0.5) is 0 Å². The number of para-hydroxylation sites is 2. The van der Waals surface area contributed by atoms with Gasteiger partial charge in [-0.15, -0.1) is 0 Å². The number of imidazole rings is 1. The smallest absolute Gasteiger partial charge is 0.374 e. The van der Waals surface area contributed by atoms with Crippen molar-refractivity contribution in [1.29, 1.82) is 0 Å². The molecule has 3 heterocycles. The second kappa shape index (κ2) is 9.36. The SMILES string of the molecule is CCOC(=O)c1ccc(S(=O)(=O)N2CCC(C(=O)NCc3nc4ccccc4n3C)CC2)o1. The Morgan fingerprint density at radius 3 is 2.61 bits per heavy atom. The number of ether oxygens (including phenoxy) is 1. The van der Waals surface area contributed by atoms with Gasteiger partial charge >= 0.3 is 5.97 Å². The Morgan fingerprint density at radius 2 is 1.91 bits per heavy atom. The maximum absolute atomic E-state index is 12.9. The number of aryl methyl sites for hydroxylation is 1. The molecule has 1 N–H and O–H groups in total. The van der Waals surface area contributed by atoms with Crippen LogP contribution in [0.1, 0.15) is 36.1 Å². The zero-order valence-electron chi connectivity index (χ0n) is 18.5. The highest BCUT2D eigenvalue weighted by Crippen LogP contribution is 2.25. The van der Waals surface area contributed by atoms with Gasteiger partial charge in [0, 0.05) is 26.1 Å². The van der Waals surface area contributed by atoms with Crippen LogP contribution in [-0.4, -0.2) is 53.8 Å². The van der Waals surface area contributed by atoms with Gasteiger partial charge in [-0.2, -0.15) is 4.31 Å². The molecule has 0 unspecified atom stereocenters. The van der Waals surface area contributed by atoms with Crippen molar-refractivity contribution in [3.63, 3.8) is 0 Å². The fourth-order valence-corrected chi connectivity index (χ4v) is 5.30. The lowest BCUT2D eigenvalue weighted by Gasteiger charge is -2.29. The van der Waals surface area contributed by atoms with Gasteiger partial charge in [-0.1, -0.05) is 12.1 Å². The van der Waals surface area contributed by atoms with Crippen LogP contribution in [0.15, 0.2) is 45.9 Å². The number of piperidine rings is 1. The number of benzene rings is 1. The number of carbonyl (C=O) groups excluding carboxylic acids is 2. The molecule has 0 aliphatic carbocycles. The maximum atomic E-state index is 12.9. The van der Waals surface area contributed by atoms with Crippen molar-refractivity contribution in [1.82, 2.24) is 19.2 Å². The fraction of sp³-hybridized carbons (Fsp3) is 0.409. The van der Waals surface area contributed by atoms with E-state index < -0.39 is 16.0 Å². The molecule has 3 aromatic rings. The molecule has 0 radical (unpaired) electrons. The summed E-state index contributed by atoms with van der Waals surface area (Å²) in [7, 11) is -2.00. The summed E-state index contributed by atoms with van der Waals surface area (Å²) in [5.74, 6) is -0.541. The lowest BCUT2D eigenvalue weighted by atomic mass is 9.97. The minimum atomic E-state index is -3.90. The summed E-state index contributed by atoms with van der Waals surface area (Å²) in [6.07, 6.45) is 0.776. The molecule has 0 spiro atoms. The summed E-state index contributed by atoms with van der Waals surface area (Å²) in [6, 6.07) is 10.3. The minimum absolute atomic E-state index is 0.123. The molecule has 1 fully saturated rings. The van der Waals surface area contributed by atoms with Crippen molar-refractivity contribution in [2.24, 2.45) is 13.0 Å². The van der Waals surface area contributed by atoms with E-state index in [0.717, 1.165) is 16.9 Å². The number of fused-ring (bicyclic) bond motifs is 1. The van der Waals surface area contributed by atoms with E-state index in [-0.39, 0.29) is 42.4 Å². The highest BCUT2D eigenvalue weighted by atomic mass is 32.2. The molecule has 0 saturated carbocycles. The quantitative estimate of drug-likeness (QED) is 0.520. The lowest BCUT2D eigenvalue weighted by Crippen LogP contribution is -2.42. The molecular weight excluding hydrogens is 448 g/mol. The number of sulfonamides is 1.